The Bertz CT molecular complexity index is 507. The van der Waals surface area contributed by atoms with E-state index in [9.17, 15) is 0 Å². The van der Waals surface area contributed by atoms with Crippen LogP contribution in [0.2, 0.25) is 0 Å². The van der Waals surface area contributed by atoms with Crippen LogP contribution in [0.25, 0.3) is 0 Å². The van der Waals surface area contributed by atoms with Crippen LogP contribution in [-0.4, -0.2) is 0 Å². The zero-order valence-electron chi connectivity index (χ0n) is 15.3. The molecule has 0 aliphatic heterocycles. The van der Waals surface area contributed by atoms with Crippen LogP contribution in [0.15, 0.2) is 49.6 Å². The molecule has 1 aromatic carbocycles. The Kier molecular flexibility index (Phi) is 6.35. The third-order valence-electron chi connectivity index (χ3n) is 6.66. The smallest absolute Gasteiger partial charge is 0.0100 e. The summed E-state index contributed by atoms with van der Waals surface area (Å²) in [7, 11) is 0. The summed E-state index contributed by atoms with van der Waals surface area (Å²) in [4.78, 5) is 0. The van der Waals surface area contributed by atoms with Crippen LogP contribution < -0.4 is 0 Å². The third kappa shape index (κ3) is 4.41. The fourth-order valence-corrected chi connectivity index (χ4v) is 5.15. The summed E-state index contributed by atoms with van der Waals surface area (Å²) in [5.74, 6) is 3.76. The van der Waals surface area contributed by atoms with Crippen LogP contribution in [0.3, 0.4) is 0 Å². The molecule has 0 saturated heterocycles. The van der Waals surface area contributed by atoms with Crippen molar-refractivity contribution in [2.24, 2.45) is 17.8 Å². The van der Waals surface area contributed by atoms with E-state index in [2.05, 4.69) is 43.5 Å². The molecule has 0 heteroatoms. The molecule has 0 unspecified atom stereocenters. The summed E-state index contributed by atoms with van der Waals surface area (Å²) in [6.07, 6.45) is 17.9. The Morgan fingerprint density at radius 2 is 1.33 bits per heavy atom. The highest BCUT2D eigenvalue weighted by Gasteiger charge is 2.30. The van der Waals surface area contributed by atoms with E-state index in [0.717, 1.165) is 30.1 Å². The first-order valence-electron chi connectivity index (χ1n) is 10.1. The first-order valence-corrected chi connectivity index (χ1v) is 10.1. The quantitative estimate of drug-likeness (QED) is 0.491. The van der Waals surface area contributed by atoms with Crippen LogP contribution in [-0.2, 0) is 6.42 Å². The molecule has 0 spiro atoms. The molecule has 3 rings (SSSR count). The fourth-order valence-electron chi connectivity index (χ4n) is 5.15. The van der Waals surface area contributed by atoms with Gasteiger partial charge in [-0.2, -0.15) is 0 Å². The highest BCUT2D eigenvalue weighted by Crippen LogP contribution is 2.44. The molecule has 0 amide bonds. The Hall–Kier alpha value is -1.30. The van der Waals surface area contributed by atoms with E-state index < -0.39 is 0 Å². The van der Waals surface area contributed by atoms with Gasteiger partial charge in [0.2, 0.25) is 0 Å². The van der Waals surface area contributed by atoms with Gasteiger partial charge in [0.1, 0.15) is 0 Å². The molecular formula is C24H34. The molecule has 0 atom stereocenters. The molecule has 1 aromatic rings. The van der Waals surface area contributed by atoms with E-state index in [0.29, 0.717) is 0 Å². The van der Waals surface area contributed by atoms with E-state index in [1.807, 2.05) is 6.08 Å². The van der Waals surface area contributed by atoms with Crippen LogP contribution in [0.5, 0.6) is 0 Å². The van der Waals surface area contributed by atoms with Crippen molar-refractivity contribution in [3.05, 3.63) is 60.7 Å². The van der Waals surface area contributed by atoms with Crippen LogP contribution in [0.1, 0.15) is 74.8 Å². The Morgan fingerprint density at radius 3 is 1.88 bits per heavy atom. The molecule has 0 nitrogen and oxygen atoms in total. The molecule has 2 aliphatic carbocycles. The average Bonchev–Trinajstić information content (AvgIpc) is 2.64. The SMILES string of the molecule is C=CCc1ccc(C2CCC(C3CCC(CC=C)CC3)CC2)cc1. The lowest BCUT2D eigenvalue weighted by Crippen LogP contribution is -2.25. The lowest BCUT2D eigenvalue weighted by Gasteiger charge is -2.38. The summed E-state index contributed by atoms with van der Waals surface area (Å²) < 4.78 is 0. The van der Waals surface area contributed by atoms with Gasteiger partial charge in [0.15, 0.2) is 0 Å². The molecule has 0 bridgehead atoms. The predicted molar refractivity (Wildman–Crippen MR) is 105 cm³/mol. The first-order chi connectivity index (χ1) is 11.8. The van der Waals surface area contributed by atoms with Crippen molar-refractivity contribution in [1.29, 1.82) is 0 Å². The second-order valence-electron chi connectivity index (χ2n) is 8.15. The van der Waals surface area contributed by atoms with Crippen LogP contribution in [0.4, 0.5) is 0 Å². The summed E-state index contributed by atoms with van der Waals surface area (Å²) in [6, 6.07) is 9.32. The summed E-state index contributed by atoms with van der Waals surface area (Å²) >= 11 is 0. The molecule has 24 heavy (non-hydrogen) atoms. The minimum absolute atomic E-state index is 0.802. The Balaban J connectivity index is 1.47. The van der Waals surface area contributed by atoms with Crippen molar-refractivity contribution >= 4 is 0 Å². The molecule has 0 radical (unpaired) electrons. The minimum atomic E-state index is 0.802. The molecule has 2 saturated carbocycles. The van der Waals surface area contributed by atoms with Gasteiger partial charge in [-0.25, -0.2) is 0 Å². The predicted octanol–water partition coefficient (Wildman–Crippen LogP) is 7.07. The number of allylic oxidation sites excluding steroid dienone is 2. The molecule has 130 valence electrons. The highest BCUT2D eigenvalue weighted by molar-refractivity contribution is 5.26. The molecule has 0 aromatic heterocycles. The molecular weight excluding hydrogens is 288 g/mol. The van der Waals surface area contributed by atoms with Crippen molar-refractivity contribution in [3.8, 4) is 0 Å². The van der Waals surface area contributed by atoms with E-state index in [1.165, 1.54) is 63.4 Å². The molecule has 2 fully saturated rings. The summed E-state index contributed by atoms with van der Waals surface area (Å²) in [5, 5.41) is 0. The van der Waals surface area contributed by atoms with Crippen molar-refractivity contribution in [2.75, 3.05) is 0 Å². The maximum Gasteiger partial charge on any atom is -0.0100 e. The second kappa shape index (κ2) is 8.70. The minimum Gasteiger partial charge on any atom is -0.103 e. The van der Waals surface area contributed by atoms with Gasteiger partial charge in [0, 0.05) is 0 Å². The van der Waals surface area contributed by atoms with Gasteiger partial charge in [-0.3, -0.25) is 0 Å². The summed E-state index contributed by atoms with van der Waals surface area (Å²) in [6.45, 7) is 7.74. The molecule has 0 N–H and O–H groups in total. The van der Waals surface area contributed by atoms with Gasteiger partial charge in [0.25, 0.3) is 0 Å². The van der Waals surface area contributed by atoms with Crippen molar-refractivity contribution in [1.82, 2.24) is 0 Å². The van der Waals surface area contributed by atoms with Crippen molar-refractivity contribution in [3.63, 3.8) is 0 Å². The summed E-state index contributed by atoms with van der Waals surface area (Å²) in [5.41, 5.74) is 2.95. The van der Waals surface area contributed by atoms with Gasteiger partial charge in [-0.05, 0) is 99.0 Å². The lowest BCUT2D eigenvalue weighted by molar-refractivity contribution is 0.160. The van der Waals surface area contributed by atoms with Gasteiger partial charge in [0.05, 0.1) is 0 Å². The molecule has 2 aliphatic rings. The topological polar surface area (TPSA) is 0 Å². The number of hydrogen-bond acceptors (Lipinski definition) is 0. The van der Waals surface area contributed by atoms with E-state index >= 15 is 0 Å². The van der Waals surface area contributed by atoms with Crippen LogP contribution >= 0.6 is 0 Å². The average molecular weight is 323 g/mol. The number of benzene rings is 1. The van der Waals surface area contributed by atoms with Gasteiger partial charge >= 0.3 is 0 Å². The second-order valence-corrected chi connectivity index (χ2v) is 8.15. The largest absolute Gasteiger partial charge is 0.103 e. The van der Waals surface area contributed by atoms with Gasteiger partial charge < -0.3 is 0 Å². The van der Waals surface area contributed by atoms with Crippen molar-refractivity contribution in [2.45, 2.75) is 70.1 Å². The monoisotopic (exact) mass is 322 g/mol. The van der Waals surface area contributed by atoms with E-state index in [1.54, 1.807) is 5.56 Å². The Labute approximate surface area is 149 Å². The lowest BCUT2D eigenvalue weighted by atomic mass is 9.68. The zero-order valence-corrected chi connectivity index (χ0v) is 15.3. The fraction of sp³-hybridized carbons (Fsp3) is 0.583. The normalized spacial score (nSPS) is 30.7. The number of hydrogen-bond donors (Lipinski definition) is 0. The maximum atomic E-state index is 3.91. The highest BCUT2D eigenvalue weighted by atomic mass is 14.4. The number of rotatable bonds is 6. The van der Waals surface area contributed by atoms with E-state index in [-0.39, 0.29) is 0 Å². The Morgan fingerprint density at radius 1 is 0.750 bits per heavy atom. The standard InChI is InChI=1S/C24H34/c1-3-5-19-7-11-21(12-8-19)23-15-17-24(18-16-23)22-13-9-20(6-4-2)10-14-22/h3-4,7-8,11-12,20,22-24H,1-2,5-6,9-10,13-18H2. The van der Waals surface area contributed by atoms with Crippen LogP contribution in [0, 0.1) is 17.8 Å². The van der Waals surface area contributed by atoms with E-state index in [4.69, 9.17) is 0 Å². The third-order valence-corrected chi connectivity index (χ3v) is 6.66. The zero-order chi connectivity index (χ0) is 16.8. The van der Waals surface area contributed by atoms with Gasteiger partial charge in [-0.15, -0.1) is 13.2 Å². The molecule has 0 heterocycles. The maximum absolute atomic E-state index is 3.91. The first kappa shape index (κ1) is 17.5. The van der Waals surface area contributed by atoms with Crippen molar-refractivity contribution < 1.29 is 0 Å². The van der Waals surface area contributed by atoms with Gasteiger partial charge in [-0.1, -0.05) is 36.4 Å².